The highest BCUT2D eigenvalue weighted by molar-refractivity contribution is 7.86. The molecule has 3 aromatic rings. The summed E-state index contributed by atoms with van der Waals surface area (Å²) < 4.78 is 63.8. The summed E-state index contributed by atoms with van der Waals surface area (Å²) in [5, 5.41) is 9.17. The molecule has 0 radical (unpaired) electrons. The summed E-state index contributed by atoms with van der Waals surface area (Å²) in [6, 6.07) is 21.1. The van der Waals surface area contributed by atoms with Crippen LogP contribution in [0, 0.1) is 0 Å². The van der Waals surface area contributed by atoms with Gasteiger partial charge in [-0.1, -0.05) is 132 Å². The normalized spacial score (nSPS) is 11.8. The van der Waals surface area contributed by atoms with Crippen LogP contribution in [0.2, 0.25) is 0 Å². The van der Waals surface area contributed by atoms with Crippen molar-refractivity contribution in [3.8, 4) is 0 Å². The lowest BCUT2D eigenvalue weighted by atomic mass is 9.82. The van der Waals surface area contributed by atoms with Gasteiger partial charge in [0.1, 0.15) is 20.2 Å². The van der Waals surface area contributed by atoms with Crippen LogP contribution < -0.4 is 33.8 Å². The van der Waals surface area contributed by atoms with Crippen molar-refractivity contribution >= 4 is 32.2 Å². The second-order valence-corrected chi connectivity index (χ2v) is 18.3. The van der Waals surface area contributed by atoms with E-state index in [0.717, 1.165) is 11.1 Å². The summed E-state index contributed by atoms with van der Waals surface area (Å²) in [5.74, 6) is -0.167. The van der Waals surface area contributed by atoms with Crippen molar-refractivity contribution in [3.63, 3.8) is 0 Å². The van der Waals surface area contributed by atoms with Gasteiger partial charge in [-0.2, -0.15) is 0 Å². The van der Waals surface area contributed by atoms with E-state index >= 15 is 0 Å². The van der Waals surface area contributed by atoms with Crippen molar-refractivity contribution in [2.45, 2.75) is 115 Å². The third-order valence-corrected chi connectivity index (χ3v) is 8.33. The predicted octanol–water partition coefficient (Wildman–Crippen LogP) is 2.10. The number of benzene rings is 3. The highest BCUT2D eigenvalue weighted by Crippen LogP contribution is 2.27. The molecule has 12 N–H and O–H groups in total. The van der Waals surface area contributed by atoms with Crippen molar-refractivity contribution in [1.82, 2.24) is 0 Å². The molecule has 12 nitrogen and oxygen atoms in total. The van der Waals surface area contributed by atoms with E-state index in [2.05, 4.69) is 99.6 Å². The van der Waals surface area contributed by atoms with E-state index < -0.39 is 20.2 Å². The first-order chi connectivity index (χ1) is 22.1. The molecule has 0 unspecified atom stereocenters. The van der Waals surface area contributed by atoms with E-state index in [-0.39, 0.29) is 43.4 Å². The first kappa shape index (κ1) is 48.1. The fourth-order valence-corrected chi connectivity index (χ4v) is 4.65. The van der Waals surface area contributed by atoms with E-state index in [4.69, 9.17) is 0 Å². The Morgan fingerprint density at radius 2 is 0.540 bits per heavy atom. The maximum absolute atomic E-state index is 10.6. The minimum Gasteiger partial charge on any atom is -0.744 e. The van der Waals surface area contributed by atoms with Crippen molar-refractivity contribution in [2.75, 3.05) is 0 Å². The van der Waals surface area contributed by atoms with Gasteiger partial charge in [0.15, 0.2) is 0 Å². The van der Waals surface area contributed by atoms with Gasteiger partial charge in [-0.05, 0) is 68.2 Å². The number of rotatable bonds is 2. The van der Waals surface area contributed by atoms with Crippen molar-refractivity contribution in [3.05, 3.63) is 95.1 Å². The molecular weight excluding hydrogens is 677 g/mol. The Morgan fingerprint density at radius 1 is 0.420 bits per heavy atom. The van der Waals surface area contributed by atoms with Crippen LogP contribution in [0.1, 0.15) is 105 Å². The van der Waals surface area contributed by atoms with Gasteiger partial charge < -0.3 is 9.11 Å². The number of guanidine groups is 2. The minimum atomic E-state index is -4.32. The van der Waals surface area contributed by atoms with Crippen LogP contribution in [0.4, 0.5) is 0 Å². The number of hydrogen-bond donors (Lipinski definition) is 6. The maximum Gasteiger partial charge on any atom is 0.336 e. The standard InChI is InChI=1S/C14H22.2C10H14O3S.2CH5N3/c1-13(2,3)11-7-9-12(10-8-11)14(4,5)6;2*1-10(2,3)8-4-6-9(7-5-8)14(11,12)13;2*2-1(3)4/h7-10H,1-6H3;2*4-7H,1-3H3,(H,11,12,13);2*(H5,2,3,4). The summed E-state index contributed by atoms with van der Waals surface area (Å²) in [5.41, 5.74) is 23.6. The van der Waals surface area contributed by atoms with Crippen LogP contribution in [-0.2, 0) is 41.9 Å². The van der Waals surface area contributed by atoms with Gasteiger partial charge in [0.05, 0.1) is 9.79 Å². The van der Waals surface area contributed by atoms with Crippen LogP contribution in [0.5, 0.6) is 0 Å². The molecule has 0 saturated heterocycles. The quantitative estimate of drug-likeness (QED) is 0.127. The predicted molar refractivity (Wildman–Crippen MR) is 201 cm³/mol. The lowest BCUT2D eigenvalue weighted by Gasteiger charge is -2.23. The van der Waals surface area contributed by atoms with E-state index in [1.54, 1.807) is 24.3 Å². The SMILES string of the molecule is CC(C)(C)c1ccc(C(C)(C)C)cc1.CC(C)(C)c1ccc(S(=O)(=O)[O-])cc1.CC(C)(C)c1ccc(S(=O)(=O)[O-])cc1.NC(N)=[NH2+].NC(N)=[NH2+]. The van der Waals surface area contributed by atoms with Gasteiger partial charge in [0.2, 0.25) is 0 Å². The summed E-state index contributed by atoms with van der Waals surface area (Å²) in [6.07, 6.45) is 0. The van der Waals surface area contributed by atoms with E-state index in [1.807, 2.05) is 41.5 Å². The van der Waals surface area contributed by atoms with Crippen LogP contribution in [0.15, 0.2) is 82.6 Å². The van der Waals surface area contributed by atoms with Crippen LogP contribution >= 0.6 is 0 Å². The number of hydrogen-bond acceptors (Lipinski definition) is 6. The highest BCUT2D eigenvalue weighted by atomic mass is 32.2. The lowest BCUT2D eigenvalue weighted by molar-refractivity contribution is -0.117. The first-order valence-electron chi connectivity index (χ1n) is 15.6. The fourth-order valence-electron chi connectivity index (χ4n) is 3.71. The molecule has 282 valence electrons. The molecule has 0 heterocycles. The molecule has 50 heavy (non-hydrogen) atoms. The smallest absolute Gasteiger partial charge is 0.336 e. The Labute approximate surface area is 300 Å². The molecule has 0 aliphatic rings. The topological polar surface area (TPSA) is 270 Å². The van der Waals surface area contributed by atoms with Crippen molar-refractivity contribution in [2.24, 2.45) is 22.9 Å². The van der Waals surface area contributed by atoms with E-state index in [9.17, 15) is 25.9 Å². The number of nitrogens with two attached hydrogens (primary N) is 6. The largest absolute Gasteiger partial charge is 0.744 e. The van der Waals surface area contributed by atoms with Gasteiger partial charge >= 0.3 is 11.9 Å². The van der Waals surface area contributed by atoms with Crippen molar-refractivity contribution < 1.29 is 36.8 Å². The van der Waals surface area contributed by atoms with E-state index in [1.165, 1.54) is 35.4 Å². The third kappa shape index (κ3) is 21.2. The van der Waals surface area contributed by atoms with Crippen molar-refractivity contribution in [1.29, 1.82) is 0 Å². The molecule has 0 aliphatic carbocycles. The first-order valence-corrected chi connectivity index (χ1v) is 18.4. The third-order valence-electron chi connectivity index (χ3n) is 6.63. The fraction of sp³-hybridized carbons (Fsp3) is 0.444. The molecule has 0 saturated carbocycles. The molecule has 0 aliphatic heterocycles. The van der Waals surface area contributed by atoms with Crippen LogP contribution in [-0.4, -0.2) is 37.9 Å². The van der Waals surface area contributed by atoms with Gasteiger partial charge in [-0.3, -0.25) is 33.8 Å². The summed E-state index contributed by atoms with van der Waals surface area (Å²) >= 11 is 0. The Balaban J connectivity index is 0. The lowest BCUT2D eigenvalue weighted by Crippen LogP contribution is -2.51. The molecule has 3 rings (SSSR count). The molecular formula is C36H60N6O6S2. The Morgan fingerprint density at radius 3 is 0.640 bits per heavy atom. The zero-order chi connectivity index (χ0) is 40.1. The van der Waals surface area contributed by atoms with Gasteiger partial charge in [0, 0.05) is 0 Å². The Hall–Kier alpha value is -3.98. The monoisotopic (exact) mass is 736 g/mol. The molecule has 0 fully saturated rings. The minimum absolute atomic E-state index is 0.0365. The van der Waals surface area contributed by atoms with Gasteiger partial charge in [0.25, 0.3) is 0 Å². The summed E-state index contributed by atoms with van der Waals surface area (Å²) in [7, 11) is -8.63. The molecule has 0 atom stereocenters. The zero-order valence-electron chi connectivity index (χ0n) is 31.7. The average Bonchev–Trinajstić information content (AvgIpc) is 2.91. The molecule has 0 spiro atoms. The molecule has 14 heteroatoms. The Bertz CT molecular complexity index is 1570. The van der Waals surface area contributed by atoms with Gasteiger partial charge in [-0.25, -0.2) is 16.8 Å². The average molecular weight is 737 g/mol. The summed E-state index contributed by atoms with van der Waals surface area (Å²) in [4.78, 5) is -0.351. The highest BCUT2D eigenvalue weighted by Gasteiger charge is 2.17. The molecule has 0 bridgehead atoms. The second kappa shape index (κ2) is 18.9. The van der Waals surface area contributed by atoms with Crippen LogP contribution in [0.3, 0.4) is 0 Å². The second-order valence-electron chi connectivity index (χ2n) is 15.5. The van der Waals surface area contributed by atoms with Crippen LogP contribution in [0.25, 0.3) is 0 Å². The van der Waals surface area contributed by atoms with E-state index in [0.29, 0.717) is 0 Å². The van der Waals surface area contributed by atoms with Gasteiger partial charge in [-0.15, -0.1) is 0 Å². The molecule has 0 amide bonds. The zero-order valence-corrected chi connectivity index (χ0v) is 33.3. The molecule has 3 aromatic carbocycles. The maximum atomic E-state index is 10.6. The Kier molecular flexibility index (Phi) is 18.2. The molecule has 0 aromatic heterocycles. The summed E-state index contributed by atoms with van der Waals surface area (Å²) in [6.45, 7) is 25.6.